The van der Waals surface area contributed by atoms with E-state index in [0.29, 0.717) is 40.7 Å². The van der Waals surface area contributed by atoms with Gasteiger partial charge in [-0.1, -0.05) is 0 Å². The lowest BCUT2D eigenvalue weighted by Crippen LogP contribution is -2.27. The Hall–Kier alpha value is -3.29. The Morgan fingerprint density at radius 2 is 1.96 bits per heavy atom. The van der Waals surface area contributed by atoms with Gasteiger partial charge in [0.15, 0.2) is 11.3 Å². The van der Waals surface area contributed by atoms with Gasteiger partial charge in [0, 0.05) is 24.2 Å². The third-order valence-electron chi connectivity index (χ3n) is 4.42. The van der Waals surface area contributed by atoms with Gasteiger partial charge < -0.3 is 10.3 Å². The maximum absolute atomic E-state index is 13.2. The monoisotopic (exact) mass is 363 g/mol. The maximum Gasteiger partial charge on any atom is 0.280 e. The quantitative estimate of drug-likeness (QED) is 0.578. The summed E-state index contributed by atoms with van der Waals surface area (Å²) in [4.78, 5) is 34.5. The molecule has 0 aromatic carbocycles. The average Bonchev–Trinajstić information content (AvgIpc) is 3.09. The minimum Gasteiger partial charge on any atom is -0.354 e. The van der Waals surface area contributed by atoms with Gasteiger partial charge in [0.05, 0.1) is 11.4 Å². The van der Waals surface area contributed by atoms with Crippen LogP contribution in [-0.4, -0.2) is 36.0 Å². The van der Waals surface area contributed by atoms with Crippen molar-refractivity contribution >= 4 is 28.1 Å². The average molecular weight is 363 g/mol. The first kappa shape index (κ1) is 17.1. The minimum absolute atomic E-state index is 0.0836. The Balaban J connectivity index is 2.04. The van der Waals surface area contributed by atoms with Crippen LogP contribution in [0.2, 0.25) is 0 Å². The number of aromatic amines is 1. The molecule has 8 heteroatoms. The zero-order chi connectivity index (χ0) is 19.1. The molecule has 0 radical (unpaired) electrons. The lowest BCUT2D eigenvalue weighted by molar-refractivity contribution is 0.593. The number of anilines is 1. The van der Waals surface area contributed by atoms with Crippen LogP contribution in [0.4, 0.5) is 5.95 Å². The summed E-state index contributed by atoms with van der Waals surface area (Å²) < 4.78 is 1.66. The van der Waals surface area contributed by atoms with Gasteiger partial charge in [-0.15, -0.1) is 0 Å². The molecule has 4 rings (SSSR count). The molecule has 0 spiro atoms. The molecule has 8 nitrogen and oxygen atoms in total. The van der Waals surface area contributed by atoms with E-state index in [-0.39, 0.29) is 11.6 Å². The smallest absolute Gasteiger partial charge is 0.280 e. The highest BCUT2D eigenvalue weighted by Crippen LogP contribution is 2.22. The Morgan fingerprint density at radius 1 is 1.15 bits per heavy atom. The van der Waals surface area contributed by atoms with E-state index in [2.05, 4.69) is 30.2 Å². The fourth-order valence-corrected chi connectivity index (χ4v) is 3.17. The highest BCUT2D eigenvalue weighted by Gasteiger charge is 2.19. The Bertz CT molecular complexity index is 1210. The lowest BCUT2D eigenvalue weighted by Gasteiger charge is -2.16. The largest absolute Gasteiger partial charge is 0.354 e. The molecule has 27 heavy (non-hydrogen) atoms. The summed E-state index contributed by atoms with van der Waals surface area (Å²) in [7, 11) is 0. The fourth-order valence-electron chi connectivity index (χ4n) is 3.17. The van der Waals surface area contributed by atoms with Crippen LogP contribution in [0.1, 0.15) is 32.5 Å². The normalized spacial score (nSPS) is 11.6. The molecule has 4 aromatic rings. The molecule has 138 valence electrons. The first-order chi connectivity index (χ1) is 13.0. The van der Waals surface area contributed by atoms with Crippen LogP contribution in [0.3, 0.4) is 0 Å². The van der Waals surface area contributed by atoms with Crippen LogP contribution in [0.15, 0.2) is 29.2 Å². The van der Waals surface area contributed by atoms with E-state index in [1.165, 1.54) is 0 Å². The Morgan fingerprint density at radius 3 is 2.70 bits per heavy atom. The van der Waals surface area contributed by atoms with E-state index >= 15 is 0 Å². The number of nitrogens with one attached hydrogen (secondary N) is 2. The van der Waals surface area contributed by atoms with Crippen molar-refractivity contribution in [1.29, 1.82) is 0 Å². The number of H-pyrrole nitrogens is 1. The summed E-state index contributed by atoms with van der Waals surface area (Å²) in [6, 6.07) is 5.60. The van der Waals surface area contributed by atoms with Gasteiger partial charge in [-0.25, -0.2) is 15.0 Å². The zero-order valence-electron chi connectivity index (χ0n) is 15.7. The third-order valence-corrected chi connectivity index (χ3v) is 4.42. The SMILES string of the molecule is CCNc1nc(C)c2nc(-c3ccc4cc[nH]c4n3)c(=O)n(C(C)C)c2n1. The van der Waals surface area contributed by atoms with Gasteiger partial charge >= 0.3 is 0 Å². The number of pyridine rings is 1. The van der Waals surface area contributed by atoms with E-state index in [4.69, 9.17) is 0 Å². The minimum atomic E-state index is -0.212. The molecule has 4 aromatic heterocycles. The van der Waals surface area contributed by atoms with Gasteiger partial charge in [0.25, 0.3) is 5.56 Å². The van der Waals surface area contributed by atoms with Crippen LogP contribution in [0.5, 0.6) is 0 Å². The summed E-state index contributed by atoms with van der Waals surface area (Å²) in [6.45, 7) is 8.45. The van der Waals surface area contributed by atoms with E-state index in [1.807, 2.05) is 52.1 Å². The van der Waals surface area contributed by atoms with Crippen LogP contribution in [0.25, 0.3) is 33.6 Å². The first-order valence-electron chi connectivity index (χ1n) is 8.99. The van der Waals surface area contributed by atoms with Gasteiger partial charge in [0.2, 0.25) is 5.95 Å². The van der Waals surface area contributed by atoms with Crippen LogP contribution in [-0.2, 0) is 0 Å². The third kappa shape index (κ3) is 2.83. The van der Waals surface area contributed by atoms with Crippen molar-refractivity contribution in [3.05, 3.63) is 40.4 Å². The summed E-state index contributed by atoms with van der Waals surface area (Å²) >= 11 is 0. The molecular weight excluding hydrogens is 342 g/mol. The molecule has 0 fully saturated rings. The molecule has 0 unspecified atom stereocenters. The van der Waals surface area contributed by atoms with Gasteiger partial charge in [0.1, 0.15) is 11.2 Å². The number of aromatic nitrogens is 6. The van der Waals surface area contributed by atoms with Crippen molar-refractivity contribution in [1.82, 2.24) is 29.5 Å². The molecule has 2 N–H and O–H groups in total. The molecule has 0 aliphatic carbocycles. The summed E-state index contributed by atoms with van der Waals surface area (Å²) in [6.07, 6.45) is 1.82. The Kier molecular flexibility index (Phi) is 4.10. The van der Waals surface area contributed by atoms with E-state index in [0.717, 1.165) is 11.0 Å². The maximum atomic E-state index is 13.2. The molecule has 0 aliphatic rings. The second kappa shape index (κ2) is 6.46. The van der Waals surface area contributed by atoms with Crippen molar-refractivity contribution in [2.45, 2.75) is 33.7 Å². The Labute approximate surface area is 155 Å². The lowest BCUT2D eigenvalue weighted by atomic mass is 10.2. The highest BCUT2D eigenvalue weighted by molar-refractivity contribution is 5.80. The molecule has 4 heterocycles. The van der Waals surface area contributed by atoms with E-state index in [9.17, 15) is 4.79 Å². The number of fused-ring (bicyclic) bond motifs is 2. The topological polar surface area (TPSA) is 101 Å². The second-order valence-electron chi connectivity index (χ2n) is 6.68. The van der Waals surface area contributed by atoms with Gasteiger partial charge in [-0.2, -0.15) is 4.98 Å². The van der Waals surface area contributed by atoms with Gasteiger partial charge in [-0.3, -0.25) is 9.36 Å². The van der Waals surface area contributed by atoms with Crippen molar-refractivity contribution < 1.29 is 0 Å². The van der Waals surface area contributed by atoms with E-state index in [1.54, 1.807) is 4.57 Å². The molecule has 0 atom stereocenters. The predicted molar refractivity (Wildman–Crippen MR) is 106 cm³/mol. The molecule has 0 saturated carbocycles. The van der Waals surface area contributed by atoms with Crippen LogP contribution < -0.4 is 10.9 Å². The second-order valence-corrected chi connectivity index (χ2v) is 6.68. The van der Waals surface area contributed by atoms with Crippen LogP contribution >= 0.6 is 0 Å². The number of aryl methyl sites for hydroxylation is 1. The van der Waals surface area contributed by atoms with E-state index < -0.39 is 0 Å². The molecule has 0 saturated heterocycles. The van der Waals surface area contributed by atoms with Crippen molar-refractivity contribution in [3.63, 3.8) is 0 Å². The van der Waals surface area contributed by atoms with Crippen molar-refractivity contribution in [2.75, 3.05) is 11.9 Å². The highest BCUT2D eigenvalue weighted by atomic mass is 16.1. The van der Waals surface area contributed by atoms with Gasteiger partial charge in [-0.05, 0) is 45.9 Å². The molecule has 0 bridgehead atoms. The fraction of sp³-hybridized carbons (Fsp3) is 0.316. The molecule has 0 aliphatic heterocycles. The number of hydrogen-bond acceptors (Lipinski definition) is 6. The molecule has 0 amide bonds. The summed E-state index contributed by atoms with van der Waals surface area (Å²) in [5.41, 5.74) is 3.19. The van der Waals surface area contributed by atoms with Crippen LogP contribution in [0, 0.1) is 6.92 Å². The first-order valence-corrected chi connectivity index (χ1v) is 8.99. The molecular formula is C19H21N7O. The summed E-state index contributed by atoms with van der Waals surface area (Å²) in [5.74, 6) is 0.497. The number of nitrogens with zero attached hydrogens (tertiary/aromatic N) is 5. The zero-order valence-corrected chi connectivity index (χ0v) is 15.7. The predicted octanol–water partition coefficient (Wildman–Crippen LogP) is 3.05. The summed E-state index contributed by atoms with van der Waals surface area (Å²) in [5, 5.41) is 4.09. The van der Waals surface area contributed by atoms with Crippen molar-refractivity contribution in [2.24, 2.45) is 0 Å². The standard InChI is InChI=1S/C19H21N7O/c1-5-20-19-22-11(4)14-17(25-19)26(10(2)3)18(27)15(24-14)13-7-6-12-8-9-21-16(12)23-13/h6-10H,5H2,1-4H3,(H,21,23)(H,20,22,25). The number of rotatable bonds is 4. The van der Waals surface area contributed by atoms with Crippen molar-refractivity contribution in [3.8, 4) is 11.4 Å². The number of hydrogen-bond donors (Lipinski definition) is 2.